The van der Waals surface area contributed by atoms with E-state index in [9.17, 15) is 4.79 Å². The van der Waals surface area contributed by atoms with Crippen LogP contribution in [0.3, 0.4) is 0 Å². The van der Waals surface area contributed by atoms with Crippen LogP contribution in [0.4, 0.5) is 0 Å². The largest absolute Gasteiger partial charge is 0.351 e. The lowest BCUT2D eigenvalue weighted by Gasteiger charge is -2.28. The quantitative estimate of drug-likeness (QED) is 0.870. The highest BCUT2D eigenvalue weighted by atomic mass is 16.5. The molecular formula is C15H20N4O2. The molecule has 1 atom stereocenters. The second-order valence-corrected chi connectivity index (χ2v) is 5.47. The van der Waals surface area contributed by atoms with Crippen molar-refractivity contribution >= 4 is 5.91 Å². The summed E-state index contributed by atoms with van der Waals surface area (Å²) in [5.41, 5.74) is 0.724. The second kappa shape index (κ2) is 5.71. The highest BCUT2D eigenvalue weighted by Gasteiger charge is 2.32. The molecular weight excluding hydrogens is 268 g/mol. The maximum atomic E-state index is 12.7. The van der Waals surface area contributed by atoms with Gasteiger partial charge < -0.3 is 14.0 Å². The smallest absolute Gasteiger partial charge is 0.293 e. The fourth-order valence-corrected chi connectivity index (χ4v) is 2.92. The molecule has 0 aromatic carbocycles. The van der Waals surface area contributed by atoms with Crippen molar-refractivity contribution < 1.29 is 9.32 Å². The summed E-state index contributed by atoms with van der Waals surface area (Å²) in [4.78, 5) is 19.1. The lowest BCUT2D eigenvalue weighted by molar-refractivity contribution is 0.0622. The Morgan fingerprint density at radius 2 is 2.33 bits per heavy atom. The zero-order valence-electron chi connectivity index (χ0n) is 12.5. The van der Waals surface area contributed by atoms with Gasteiger partial charge in [-0.3, -0.25) is 4.79 Å². The van der Waals surface area contributed by atoms with Crippen molar-refractivity contribution in [2.24, 2.45) is 0 Å². The molecule has 2 aromatic heterocycles. The predicted molar refractivity (Wildman–Crippen MR) is 76.8 cm³/mol. The highest BCUT2D eigenvalue weighted by molar-refractivity contribution is 5.91. The fourth-order valence-electron chi connectivity index (χ4n) is 2.92. The predicted octanol–water partition coefficient (Wildman–Crippen LogP) is 2.57. The topological polar surface area (TPSA) is 64.2 Å². The summed E-state index contributed by atoms with van der Waals surface area (Å²) in [7, 11) is 0. The van der Waals surface area contributed by atoms with E-state index in [2.05, 4.69) is 21.6 Å². The summed E-state index contributed by atoms with van der Waals surface area (Å²) in [5, 5.41) is 3.82. The molecule has 1 aliphatic heterocycles. The molecule has 21 heavy (non-hydrogen) atoms. The Balaban J connectivity index is 1.94. The fraction of sp³-hybridized carbons (Fsp3) is 0.533. The number of nitrogens with zero attached hydrogens (tertiary/aromatic N) is 4. The zero-order valence-corrected chi connectivity index (χ0v) is 12.5. The number of amides is 1. The Kier molecular flexibility index (Phi) is 3.77. The Bertz CT molecular complexity index is 631. The minimum Gasteiger partial charge on any atom is -0.351 e. The summed E-state index contributed by atoms with van der Waals surface area (Å²) >= 11 is 0. The molecule has 3 heterocycles. The van der Waals surface area contributed by atoms with Gasteiger partial charge in [0.15, 0.2) is 0 Å². The van der Waals surface area contributed by atoms with Gasteiger partial charge in [0.25, 0.3) is 5.91 Å². The van der Waals surface area contributed by atoms with Crippen molar-refractivity contribution in [2.75, 3.05) is 6.54 Å². The van der Waals surface area contributed by atoms with E-state index in [1.807, 2.05) is 24.2 Å². The summed E-state index contributed by atoms with van der Waals surface area (Å²) in [6.45, 7) is 5.56. The first-order valence-corrected chi connectivity index (χ1v) is 7.46. The number of carbonyl (C=O) groups is 1. The van der Waals surface area contributed by atoms with E-state index in [-0.39, 0.29) is 11.9 Å². The van der Waals surface area contributed by atoms with E-state index < -0.39 is 0 Å². The molecule has 0 radical (unpaired) electrons. The van der Waals surface area contributed by atoms with E-state index in [1.165, 1.54) is 0 Å². The Morgan fingerprint density at radius 1 is 1.48 bits per heavy atom. The van der Waals surface area contributed by atoms with Crippen LogP contribution in [-0.2, 0) is 6.54 Å². The summed E-state index contributed by atoms with van der Waals surface area (Å²) in [6.07, 6.45) is 6.62. The molecule has 1 aliphatic rings. The van der Waals surface area contributed by atoms with Crippen molar-refractivity contribution in [1.29, 1.82) is 0 Å². The van der Waals surface area contributed by atoms with Gasteiger partial charge in [-0.25, -0.2) is 4.98 Å². The molecule has 0 spiro atoms. The van der Waals surface area contributed by atoms with Crippen LogP contribution in [0.5, 0.6) is 0 Å². The molecule has 112 valence electrons. The van der Waals surface area contributed by atoms with Crippen LogP contribution < -0.4 is 0 Å². The average molecular weight is 288 g/mol. The van der Waals surface area contributed by atoms with Crippen molar-refractivity contribution in [3.05, 3.63) is 35.7 Å². The lowest BCUT2D eigenvalue weighted by Crippen LogP contribution is -2.35. The Labute approximate surface area is 123 Å². The number of imidazole rings is 1. The molecule has 0 saturated heterocycles. The van der Waals surface area contributed by atoms with Gasteiger partial charge in [-0.15, -0.1) is 0 Å². The highest BCUT2D eigenvalue weighted by Crippen LogP contribution is 2.29. The summed E-state index contributed by atoms with van der Waals surface area (Å²) in [6, 6.07) is 1.70. The van der Waals surface area contributed by atoms with E-state index >= 15 is 0 Å². The van der Waals surface area contributed by atoms with E-state index in [4.69, 9.17) is 4.52 Å². The van der Waals surface area contributed by atoms with Crippen LogP contribution in [0.25, 0.3) is 0 Å². The van der Waals surface area contributed by atoms with Crippen LogP contribution in [0.1, 0.15) is 54.3 Å². The third kappa shape index (κ3) is 2.57. The van der Waals surface area contributed by atoms with E-state index in [1.54, 1.807) is 6.07 Å². The van der Waals surface area contributed by atoms with Crippen LogP contribution >= 0.6 is 0 Å². The molecule has 2 aromatic rings. The van der Waals surface area contributed by atoms with E-state index in [0.29, 0.717) is 12.3 Å². The first-order valence-electron chi connectivity index (χ1n) is 7.46. The minimum atomic E-state index is -0.0921. The molecule has 3 rings (SSSR count). The van der Waals surface area contributed by atoms with Crippen LogP contribution in [-0.4, -0.2) is 32.1 Å². The summed E-state index contributed by atoms with van der Waals surface area (Å²) < 4.78 is 7.30. The number of hydrogen-bond donors (Lipinski definition) is 0. The molecule has 0 fully saturated rings. The minimum absolute atomic E-state index is 0.00501. The summed E-state index contributed by atoms with van der Waals surface area (Å²) in [5.74, 6) is 1.19. The van der Waals surface area contributed by atoms with Gasteiger partial charge >= 0.3 is 0 Å². The standard InChI is InChI=1S/C15H20N4O2/c1-3-5-12-14-16-6-9-18(14)7-4-8-19(12)15(20)13-10-11(2)17-21-13/h6,9-10,12H,3-5,7-8H2,1-2H3. The second-order valence-electron chi connectivity index (χ2n) is 5.47. The molecule has 0 saturated carbocycles. The number of aryl methyl sites for hydroxylation is 2. The molecule has 6 nitrogen and oxygen atoms in total. The third-order valence-corrected chi connectivity index (χ3v) is 3.88. The van der Waals surface area contributed by atoms with Gasteiger partial charge in [0.1, 0.15) is 5.82 Å². The van der Waals surface area contributed by atoms with Gasteiger partial charge in [0.2, 0.25) is 5.76 Å². The normalized spacial score (nSPS) is 18.4. The van der Waals surface area contributed by atoms with Crippen molar-refractivity contribution in [1.82, 2.24) is 19.6 Å². The molecule has 1 unspecified atom stereocenters. The Morgan fingerprint density at radius 3 is 3.05 bits per heavy atom. The average Bonchev–Trinajstić information content (AvgIpc) is 3.07. The number of hydrogen-bond acceptors (Lipinski definition) is 4. The van der Waals surface area contributed by atoms with Crippen LogP contribution in [0, 0.1) is 6.92 Å². The molecule has 6 heteroatoms. The van der Waals surface area contributed by atoms with Gasteiger partial charge in [0.05, 0.1) is 11.7 Å². The first kappa shape index (κ1) is 13.9. The van der Waals surface area contributed by atoms with Crippen LogP contribution in [0.2, 0.25) is 0 Å². The maximum absolute atomic E-state index is 12.7. The number of rotatable bonds is 3. The third-order valence-electron chi connectivity index (χ3n) is 3.88. The molecule has 0 bridgehead atoms. The van der Waals surface area contributed by atoms with E-state index in [0.717, 1.165) is 37.3 Å². The monoisotopic (exact) mass is 288 g/mol. The van der Waals surface area contributed by atoms with Gasteiger partial charge in [-0.05, 0) is 19.8 Å². The molecule has 0 N–H and O–H groups in total. The SMILES string of the molecule is CCCC1c2nccn2CCCN1C(=O)c1cc(C)no1. The molecule has 1 amide bonds. The van der Waals surface area contributed by atoms with Crippen molar-refractivity contribution in [3.63, 3.8) is 0 Å². The van der Waals surface area contributed by atoms with Crippen molar-refractivity contribution in [2.45, 2.75) is 45.7 Å². The van der Waals surface area contributed by atoms with Gasteiger partial charge in [0, 0.05) is 31.5 Å². The van der Waals surface area contributed by atoms with Crippen molar-refractivity contribution in [3.8, 4) is 0 Å². The first-order chi connectivity index (χ1) is 10.2. The Hall–Kier alpha value is -2.11. The van der Waals surface area contributed by atoms with Crippen LogP contribution in [0.15, 0.2) is 23.0 Å². The van der Waals surface area contributed by atoms with Gasteiger partial charge in [-0.2, -0.15) is 0 Å². The maximum Gasteiger partial charge on any atom is 0.293 e. The number of fused-ring (bicyclic) bond motifs is 1. The van der Waals surface area contributed by atoms with Gasteiger partial charge in [-0.1, -0.05) is 18.5 Å². The number of carbonyl (C=O) groups excluding carboxylic acids is 1. The number of aromatic nitrogens is 3. The molecule has 0 aliphatic carbocycles. The zero-order chi connectivity index (χ0) is 14.8. The lowest BCUT2D eigenvalue weighted by atomic mass is 10.1.